The molecule has 5 nitrogen and oxygen atoms in total. The van der Waals surface area contributed by atoms with Gasteiger partial charge in [-0.1, -0.05) is 30.3 Å². The summed E-state index contributed by atoms with van der Waals surface area (Å²) < 4.78 is 13.0. The number of nitrogens with one attached hydrogen (secondary N) is 2. The molecule has 2 N–H and O–H groups in total. The first kappa shape index (κ1) is 16.6. The van der Waals surface area contributed by atoms with Crippen LogP contribution in [-0.2, 0) is 4.84 Å². The number of carbonyl (C=O) groups is 1. The number of carbonyl (C=O) groups excluding carboxylic acids is 1. The molecule has 1 spiro atoms. The van der Waals surface area contributed by atoms with Crippen molar-refractivity contribution in [2.45, 2.75) is 18.4 Å². The average Bonchev–Trinajstić information content (AvgIpc) is 3.08. The summed E-state index contributed by atoms with van der Waals surface area (Å²) in [5.74, 6) is -0.324. The number of rotatable bonds is 2. The van der Waals surface area contributed by atoms with Crippen LogP contribution in [0.5, 0.6) is 0 Å². The molecular formula is C20H20FN3O2. The second kappa shape index (κ2) is 6.80. The fraction of sp³-hybridized carbons (Fsp3) is 0.250. The number of amides is 2. The summed E-state index contributed by atoms with van der Waals surface area (Å²) in [5, 5.41) is 2.80. The van der Waals surface area contributed by atoms with Crippen molar-refractivity contribution < 1.29 is 14.0 Å². The van der Waals surface area contributed by atoms with E-state index in [9.17, 15) is 9.18 Å². The van der Waals surface area contributed by atoms with Crippen molar-refractivity contribution in [3.63, 3.8) is 0 Å². The number of likely N-dealkylation sites (tertiary alicyclic amines) is 1. The van der Waals surface area contributed by atoms with E-state index in [0.717, 1.165) is 11.3 Å². The Balaban J connectivity index is 1.37. The SMILES string of the molecule is O=C(Nc1ccc(F)cc1)N1CCC2(C=C(c3ccccc3)NO2)CC1. The first-order valence-corrected chi connectivity index (χ1v) is 8.67. The van der Waals surface area contributed by atoms with Gasteiger partial charge in [0.25, 0.3) is 0 Å². The number of hydrogen-bond acceptors (Lipinski definition) is 3. The van der Waals surface area contributed by atoms with Crippen molar-refractivity contribution in [1.82, 2.24) is 10.4 Å². The largest absolute Gasteiger partial charge is 0.324 e. The second-order valence-corrected chi connectivity index (χ2v) is 6.62. The minimum Gasteiger partial charge on any atom is -0.324 e. The molecule has 134 valence electrons. The Morgan fingerprint density at radius 3 is 2.46 bits per heavy atom. The minimum atomic E-state index is -0.377. The molecule has 2 heterocycles. The van der Waals surface area contributed by atoms with Crippen LogP contribution >= 0.6 is 0 Å². The quantitative estimate of drug-likeness (QED) is 0.864. The summed E-state index contributed by atoms with van der Waals surface area (Å²) in [5.41, 5.74) is 5.29. The molecule has 2 aromatic carbocycles. The predicted molar refractivity (Wildman–Crippen MR) is 97.6 cm³/mol. The fourth-order valence-electron chi connectivity index (χ4n) is 3.31. The van der Waals surface area contributed by atoms with Crippen LogP contribution in [0.4, 0.5) is 14.9 Å². The van der Waals surface area contributed by atoms with Crippen LogP contribution in [-0.4, -0.2) is 29.6 Å². The third kappa shape index (κ3) is 3.41. The topological polar surface area (TPSA) is 53.6 Å². The van der Waals surface area contributed by atoms with Gasteiger partial charge in [-0.25, -0.2) is 9.18 Å². The van der Waals surface area contributed by atoms with E-state index in [0.29, 0.717) is 31.6 Å². The summed E-state index contributed by atoms with van der Waals surface area (Å²) in [6.07, 6.45) is 3.55. The molecule has 2 aliphatic rings. The summed E-state index contributed by atoms with van der Waals surface area (Å²) in [6, 6.07) is 15.6. The average molecular weight is 353 g/mol. The number of benzene rings is 2. The normalized spacial score (nSPS) is 18.3. The van der Waals surface area contributed by atoms with Crippen molar-refractivity contribution in [2.75, 3.05) is 18.4 Å². The van der Waals surface area contributed by atoms with Crippen LogP contribution in [0, 0.1) is 5.82 Å². The van der Waals surface area contributed by atoms with Crippen LogP contribution in [0.1, 0.15) is 18.4 Å². The van der Waals surface area contributed by atoms with E-state index in [4.69, 9.17) is 4.84 Å². The summed E-state index contributed by atoms with van der Waals surface area (Å²) in [7, 11) is 0. The molecule has 4 rings (SSSR count). The lowest BCUT2D eigenvalue weighted by Gasteiger charge is -2.36. The standard InChI is InChI=1S/C20H20FN3O2/c21-16-6-8-17(9-7-16)22-19(25)24-12-10-20(11-13-24)14-18(23-26-20)15-4-2-1-3-5-15/h1-9,14,23H,10-13H2,(H,22,25). The molecule has 0 saturated carbocycles. The number of nitrogens with zero attached hydrogens (tertiary/aromatic N) is 1. The molecule has 1 saturated heterocycles. The maximum absolute atomic E-state index is 13.0. The van der Waals surface area contributed by atoms with Gasteiger partial charge in [0.1, 0.15) is 11.4 Å². The Bertz CT molecular complexity index is 813. The van der Waals surface area contributed by atoms with Gasteiger partial charge in [0, 0.05) is 31.6 Å². The first-order chi connectivity index (χ1) is 12.6. The number of anilines is 1. The monoisotopic (exact) mass is 353 g/mol. The Kier molecular flexibility index (Phi) is 4.34. The lowest BCUT2D eigenvalue weighted by molar-refractivity contribution is -0.0634. The van der Waals surface area contributed by atoms with Crippen molar-refractivity contribution in [2.24, 2.45) is 0 Å². The molecule has 1 fully saturated rings. The number of piperidine rings is 1. The van der Waals surface area contributed by atoms with E-state index in [1.54, 1.807) is 17.0 Å². The predicted octanol–water partition coefficient (Wildman–Crippen LogP) is 3.77. The van der Waals surface area contributed by atoms with Crippen molar-refractivity contribution in [1.29, 1.82) is 0 Å². The third-order valence-electron chi connectivity index (χ3n) is 4.85. The van der Waals surface area contributed by atoms with E-state index in [1.165, 1.54) is 12.1 Å². The summed E-state index contributed by atoms with van der Waals surface area (Å²) in [4.78, 5) is 20.0. The highest BCUT2D eigenvalue weighted by atomic mass is 19.1. The van der Waals surface area contributed by atoms with Gasteiger partial charge >= 0.3 is 6.03 Å². The van der Waals surface area contributed by atoms with Crippen LogP contribution in [0.3, 0.4) is 0 Å². The molecular weight excluding hydrogens is 333 g/mol. The molecule has 2 aliphatic heterocycles. The van der Waals surface area contributed by atoms with E-state index in [-0.39, 0.29) is 17.4 Å². The van der Waals surface area contributed by atoms with E-state index in [1.807, 2.05) is 30.3 Å². The van der Waals surface area contributed by atoms with Crippen LogP contribution < -0.4 is 10.8 Å². The van der Waals surface area contributed by atoms with Gasteiger partial charge in [-0.15, -0.1) is 0 Å². The van der Waals surface area contributed by atoms with Gasteiger partial charge in [0.15, 0.2) is 0 Å². The van der Waals surface area contributed by atoms with Gasteiger partial charge < -0.3 is 10.2 Å². The first-order valence-electron chi connectivity index (χ1n) is 8.67. The Morgan fingerprint density at radius 2 is 1.77 bits per heavy atom. The zero-order valence-corrected chi connectivity index (χ0v) is 14.2. The zero-order valence-electron chi connectivity index (χ0n) is 14.2. The fourth-order valence-corrected chi connectivity index (χ4v) is 3.31. The molecule has 0 atom stereocenters. The number of halogens is 1. The second-order valence-electron chi connectivity index (χ2n) is 6.62. The Labute approximate surface area is 151 Å². The molecule has 26 heavy (non-hydrogen) atoms. The molecule has 0 bridgehead atoms. The van der Waals surface area contributed by atoms with Gasteiger partial charge in [0.05, 0.1) is 5.70 Å². The number of hydroxylamine groups is 1. The Hall–Kier alpha value is -2.86. The maximum atomic E-state index is 13.0. The van der Waals surface area contributed by atoms with Gasteiger partial charge in [-0.05, 0) is 35.9 Å². The molecule has 2 amide bonds. The van der Waals surface area contributed by atoms with E-state index >= 15 is 0 Å². The highest BCUT2D eigenvalue weighted by molar-refractivity contribution is 5.89. The molecule has 0 aliphatic carbocycles. The highest BCUT2D eigenvalue weighted by Crippen LogP contribution is 2.34. The third-order valence-corrected chi connectivity index (χ3v) is 4.85. The lowest BCUT2D eigenvalue weighted by atomic mass is 9.90. The highest BCUT2D eigenvalue weighted by Gasteiger charge is 2.39. The maximum Gasteiger partial charge on any atom is 0.321 e. The zero-order chi connectivity index (χ0) is 18.0. The minimum absolute atomic E-state index is 0.176. The van der Waals surface area contributed by atoms with Crippen LogP contribution in [0.25, 0.3) is 5.70 Å². The number of urea groups is 1. The lowest BCUT2D eigenvalue weighted by Crippen LogP contribution is -2.48. The van der Waals surface area contributed by atoms with Crippen LogP contribution in [0.15, 0.2) is 60.7 Å². The van der Waals surface area contributed by atoms with Gasteiger partial charge in [-0.3, -0.25) is 10.3 Å². The van der Waals surface area contributed by atoms with E-state index < -0.39 is 0 Å². The smallest absolute Gasteiger partial charge is 0.321 e. The van der Waals surface area contributed by atoms with Crippen molar-refractivity contribution >= 4 is 17.4 Å². The molecule has 2 aromatic rings. The number of hydrogen-bond donors (Lipinski definition) is 2. The molecule has 6 heteroatoms. The van der Waals surface area contributed by atoms with Crippen molar-refractivity contribution in [3.05, 3.63) is 72.1 Å². The molecule has 0 radical (unpaired) electrons. The summed E-state index contributed by atoms with van der Waals surface area (Å²) in [6.45, 7) is 1.18. The van der Waals surface area contributed by atoms with Crippen LogP contribution in [0.2, 0.25) is 0 Å². The molecule has 0 aromatic heterocycles. The van der Waals surface area contributed by atoms with Gasteiger partial charge in [-0.2, -0.15) is 0 Å². The molecule has 0 unspecified atom stereocenters. The van der Waals surface area contributed by atoms with Gasteiger partial charge in [0.2, 0.25) is 0 Å². The summed E-state index contributed by atoms with van der Waals surface area (Å²) >= 11 is 0. The van der Waals surface area contributed by atoms with Crippen molar-refractivity contribution in [3.8, 4) is 0 Å². The van der Waals surface area contributed by atoms with E-state index in [2.05, 4.69) is 16.9 Å². The Morgan fingerprint density at radius 1 is 1.08 bits per heavy atom.